The van der Waals surface area contributed by atoms with Crippen molar-refractivity contribution >= 4 is 22.5 Å². The standard InChI is InChI=1S/C17H14ClNO/c1-2-12-6-3-4-9-15(12)20-16-10-11-19-17-13(16)7-5-8-14(17)18/h3-11H,2H2,1H3. The van der Waals surface area contributed by atoms with Gasteiger partial charge in [0.1, 0.15) is 11.5 Å². The number of aryl methyl sites for hydroxylation is 1. The van der Waals surface area contributed by atoms with Crippen molar-refractivity contribution in [3.05, 3.63) is 65.3 Å². The van der Waals surface area contributed by atoms with Gasteiger partial charge in [0, 0.05) is 11.6 Å². The highest BCUT2D eigenvalue weighted by atomic mass is 35.5. The summed E-state index contributed by atoms with van der Waals surface area (Å²) in [6.07, 6.45) is 2.65. The summed E-state index contributed by atoms with van der Waals surface area (Å²) in [6.45, 7) is 2.11. The number of benzene rings is 2. The second kappa shape index (κ2) is 5.51. The number of halogens is 1. The van der Waals surface area contributed by atoms with Crippen molar-refractivity contribution in [2.24, 2.45) is 0 Å². The molecule has 0 fully saturated rings. The molecule has 2 aromatic carbocycles. The number of para-hydroxylation sites is 2. The highest BCUT2D eigenvalue weighted by Crippen LogP contribution is 2.33. The molecule has 0 unspecified atom stereocenters. The molecule has 0 amide bonds. The fraction of sp³-hybridized carbons (Fsp3) is 0.118. The number of fused-ring (bicyclic) bond motifs is 1. The first-order valence-corrected chi connectivity index (χ1v) is 6.96. The van der Waals surface area contributed by atoms with E-state index in [0.29, 0.717) is 5.02 Å². The minimum Gasteiger partial charge on any atom is -0.456 e. The highest BCUT2D eigenvalue weighted by Gasteiger charge is 2.08. The molecule has 20 heavy (non-hydrogen) atoms. The van der Waals surface area contributed by atoms with E-state index in [-0.39, 0.29) is 0 Å². The Bertz CT molecular complexity index is 755. The van der Waals surface area contributed by atoms with Gasteiger partial charge >= 0.3 is 0 Å². The first-order chi connectivity index (χ1) is 9.79. The molecule has 1 aromatic heterocycles. The van der Waals surface area contributed by atoms with E-state index >= 15 is 0 Å². The molecule has 2 nitrogen and oxygen atoms in total. The van der Waals surface area contributed by atoms with Gasteiger partial charge in [-0.3, -0.25) is 4.98 Å². The van der Waals surface area contributed by atoms with E-state index in [0.717, 1.165) is 28.8 Å². The van der Waals surface area contributed by atoms with Gasteiger partial charge in [-0.05, 0) is 36.2 Å². The number of rotatable bonds is 3. The van der Waals surface area contributed by atoms with Crippen LogP contribution in [-0.2, 0) is 6.42 Å². The SMILES string of the molecule is CCc1ccccc1Oc1ccnc2c(Cl)cccc12. The number of hydrogen-bond donors (Lipinski definition) is 0. The van der Waals surface area contributed by atoms with E-state index in [1.807, 2.05) is 42.5 Å². The minimum absolute atomic E-state index is 0.636. The maximum atomic E-state index is 6.17. The molecule has 0 N–H and O–H groups in total. The van der Waals surface area contributed by atoms with E-state index in [2.05, 4.69) is 18.0 Å². The number of aromatic nitrogens is 1. The smallest absolute Gasteiger partial charge is 0.138 e. The molecule has 0 saturated heterocycles. The average Bonchev–Trinajstić information content (AvgIpc) is 2.49. The van der Waals surface area contributed by atoms with Crippen molar-refractivity contribution < 1.29 is 4.74 Å². The summed E-state index contributed by atoms with van der Waals surface area (Å²) in [6, 6.07) is 15.6. The Morgan fingerprint density at radius 3 is 2.70 bits per heavy atom. The Hall–Kier alpha value is -2.06. The van der Waals surface area contributed by atoms with Gasteiger partial charge in [0.15, 0.2) is 0 Å². The molecule has 3 aromatic rings. The zero-order valence-corrected chi connectivity index (χ0v) is 11.9. The molecule has 0 aliphatic carbocycles. The number of hydrogen-bond acceptors (Lipinski definition) is 2. The van der Waals surface area contributed by atoms with Crippen LogP contribution in [0.15, 0.2) is 54.7 Å². The fourth-order valence-electron chi connectivity index (χ4n) is 2.22. The van der Waals surface area contributed by atoms with E-state index in [1.54, 1.807) is 6.20 Å². The Labute approximate surface area is 123 Å². The van der Waals surface area contributed by atoms with Crippen molar-refractivity contribution in [2.45, 2.75) is 13.3 Å². The van der Waals surface area contributed by atoms with Crippen molar-refractivity contribution in [3.63, 3.8) is 0 Å². The van der Waals surface area contributed by atoms with Gasteiger partial charge < -0.3 is 4.74 Å². The van der Waals surface area contributed by atoms with Crippen LogP contribution in [0.1, 0.15) is 12.5 Å². The Morgan fingerprint density at radius 2 is 1.85 bits per heavy atom. The maximum Gasteiger partial charge on any atom is 0.138 e. The molecule has 0 aliphatic heterocycles. The van der Waals surface area contributed by atoms with Crippen LogP contribution in [0.25, 0.3) is 10.9 Å². The highest BCUT2D eigenvalue weighted by molar-refractivity contribution is 6.35. The summed E-state index contributed by atoms with van der Waals surface area (Å²) in [4.78, 5) is 4.31. The molecule has 0 aliphatic rings. The summed E-state index contributed by atoms with van der Waals surface area (Å²) < 4.78 is 6.07. The van der Waals surface area contributed by atoms with E-state index in [1.165, 1.54) is 5.56 Å². The predicted octanol–water partition coefficient (Wildman–Crippen LogP) is 5.24. The quantitative estimate of drug-likeness (QED) is 0.655. The average molecular weight is 284 g/mol. The van der Waals surface area contributed by atoms with Crippen molar-refractivity contribution in [2.75, 3.05) is 0 Å². The van der Waals surface area contributed by atoms with Crippen LogP contribution in [0.4, 0.5) is 0 Å². The molecule has 100 valence electrons. The second-order valence-electron chi connectivity index (χ2n) is 4.51. The topological polar surface area (TPSA) is 22.1 Å². The Morgan fingerprint density at radius 1 is 1.00 bits per heavy atom. The first kappa shape index (κ1) is 12.9. The first-order valence-electron chi connectivity index (χ1n) is 6.58. The van der Waals surface area contributed by atoms with Gasteiger partial charge in [-0.15, -0.1) is 0 Å². The van der Waals surface area contributed by atoms with E-state index in [9.17, 15) is 0 Å². The van der Waals surface area contributed by atoms with E-state index < -0.39 is 0 Å². The zero-order valence-electron chi connectivity index (χ0n) is 11.1. The minimum atomic E-state index is 0.636. The van der Waals surface area contributed by atoms with Crippen LogP contribution in [0.3, 0.4) is 0 Å². The molecular formula is C17H14ClNO. The molecule has 0 radical (unpaired) electrons. The summed E-state index contributed by atoms with van der Waals surface area (Å²) in [5, 5.41) is 1.56. The number of nitrogens with zero attached hydrogens (tertiary/aromatic N) is 1. The van der Waals surface area contributed by atoms with E-state index in [4.69, 9.17) is 16.3 Å². The van der Waals surface area contributed by atoms with Crippen LogP contribution in [0, 0.1) is 0 Å². The third kappa shape index (κ3) is 2.35. The molecule has 1 heterocycles. The van der Waals surface area contributed by atoms with Gasteiger partial charge in [0.2, 0.25) is 0 Å². The van der Waals surface area contributed by atoms with Crippen molar-refractivity contribution in [3.8, 4) is 11.5 Å². The summed E-state index contributed by atoms with van der Waals surface area (Å²) >= 11 is 6.17. The third-order valence-electron chi connectivity index (χ3n) is 3.26. The lowest BCUT2D eigenvalue weighted by Crippen LogP contribution is -1.92. The lowest BCUT2D eigenvalue weighted by molar-refractivity contribution is 0.482. The fourth-order valence-corrected chi connectivity index (χ4v) is 2.44. The van der Waals surface area contributed by atoms with Gasteiger partial charge in [0.05, 0.1) is 10.5 Å². The van der Waals surface area contributed by atoms with Crippen LogP contribution in [-0.4, -0.2) is 4.98 Å². The van der Waals surface area contributed by atoms with Gasteiger partial charge in [-0.2, -0.15) is 0 Å². The van der Waals surface area contributed by atoms with Crippen molar-refractivity contribution in [1.29, 1.82) is 0 Å². The summed E-state index contributed by atoms with van der Waals surface area (Å²) in [5.41, 5.74) is 1.94. The molecule has 0 atom stereocenters. The zero-order chi connectivity index (χ0) is 13.9. The lowest BCUT2D eigenvalue weighted by atomic mass is 10.1. The summed E-state index contributed by atoms with van der Waals surface area (Å²) in [7, 11) is 0. The molecule has 0 saturated carbocycles. The normalized spacial score (nSPS) is 10.7. The number of ether oxygens (including phenoxy) is 1. The van der Waals surface area contributed by atoms with Gasteiger partial charge in [0.25, 0.3) is 0 Å². The Kier molecular flexibility index (Phi) is 3.57. The van der Waals surface area contributed by atoms with Crippen LogP contribution in [0.5, 0.6) is 11.5 Å². The largest absolute Gasteiger partial charge is 0.456 e. The van der Waals surface area contributed by atoms with Crippen LogP contribution < -0.4 is 4.74 Å². The van der Waals surface area contributed by atoms with Gasteiger partial charge in [-0.25, -0.2) is 0 Å². The molecule has 3 heteroatoms. The van der Waals surface area contributed by atoms with Crippen molar-refractivity contribution in [1.82, 2.24) is 4.98 Å². The second-order valence-corrected chi connectivity index (χ2v) is 4.92. The Balaban J connectivity index is 2.09. The monoisotopic (exact) mass is 283 g/mol. The lowest BCUT2D eigenvalue weighted by Gasteiger charge is -2.12. The maximum absolute atomic E-state index is 6.17. The molecule has 3 rings (SSSR count). The molecule has 0 bridgehead atoms. The number of pyridine rings is 1. The third-order valence-corrected chi connectivity index (χ3v) is 3.56. The summed E-state index contributed by atoms with van der Waals surface area (Å²) in [5.74, 6) is 1.65. The van der Waals surface area contributed by atoms with Crippen LogP contribution in [0.2, 0.25) is 5.02 Å². The van der Waals surface area contributed by atoms with Gasteiger partial charge in [-0.1, -0.05) is 42.8 Å². The predicted molar refractivity (Wildman–Crippen MR) is 82.6 cm³/mol. The molecular weight excluding hydrogens is 270 g/mol. The van der Waals surface area contributed by atoms with Crippen LogP contribution >= 0.6 is 11.6 Å². The molecule has 0 spiro atoms.